The molecular weight excluding hydrogens is 406 g/mol. The SMILES string of the molecule is COC(=O)C1=C(C(=O)OC)[C@@H]2N(C)c3ccc(OC)cc3[C@@]23C[C@@H](C(=O)OC)N=C3N1. The first-order chi connectivity index (χ1) is 14.8. The Hall–Kier alpha value is -3.56. The van der Waals surface area contributed by atoms with Crippen LogP contribution >= 0.6 is 0 Å². The predicted octanol–water partition coefficient (Wildman–Crippen LogP) is 0.299. The van der Waals surface area contributed by atoms with Gasteiger partial charge in [0.1, 0.15) is 17.3 Å². The Kier molecular flexibility index (Phi) is 4.87. The van der Waals surface area contributed by atoms with Crippen LogP contribution in [0.4, 0.5) is 5.69 Å². The number of likely N-dealkylation sites (N-methyl/N-ethyl adjacent to an activating group) is 1. The van der Waals surface area contributed by atoms with E-state index in [2.05, 4.69) is 10.3 Å². The largest absolute Gasteiger partial charge is 0.497 e. The van der Waals surface area contributed by atoms with Gasteiger partial charge in [-0.15, -0.1) is 0 Å². The predicted molar refractivity (Wildman–Crippen MR) is 109 cm³/mol. The summed E-state index contributed by atoms with van der Waals surface area (Å²) >= 11 is 0. The Labute approximate surface area is 178 Å². The fraction of sp³-hybridized carbons (Fsp3) is 0.429. The number of aliphatic imine (C=N–C) groups is 1. The summed E-state index contributed by atoms with van der Waals surface area (Å²) in [6.45, 7) is 0. The van der Waals surface area contributed by atoms with Crippen molar-refractivity contribution in [3.05, 3.63) is 35.0 Å². The van der Waals surface area contributed by atoms with Crippen molar-refractivity contribution in [1.82, 2.24) is 5.32 Å². The number of nitrogens with one attached hydrogen (secondary N) is 1. The lowest BCUT2D eigenvalue weighted by Gasteiger charge is -2.41. The Morgan fingerprint density at radius 2 is 1.81 bits per heavy atom. The van der Waals surface area contributed by atoms with Crippen LogP contribution < -0.4 is 15.0 Å². The normalized spacial score (nSPS) is 25.6. The zero-order chi connectivity index (χ0) is 22.5. The molecule has 3 aliphatic rings. The first-order valence-corrected chi connectivity index (χ1v) is 9.59. The summed E-state index contributed by atoms with van der Waals surface area (Å²) < 4.78 is 20.3. The van der Waals surface area contributed by atoms with Crippen molar-refractivity contribution < 1.29 is 33.3 Å². The summed E-state index contributed by atoms with van der Waals surface area (Å²) in [6, 6.07) is 4.07. The molecule has 4 rings (SSSR count). The monoisotopic (exact) mass is 429 g/mol. The van der Waals surface area contributed by atoms with Crippen molar-refractivity contribution in [1.29, 1.82) is 0 Å². The van der Waals surface area contributed by atoms with E-state index in [1.165, 1.54) is 21.3 Å². The topological polar surface area (TPSA) is 116 Å². The molecule has 0 aromatic heterocycles. The molecule has 0 bridgehead atoms. The molecule has 1 aromatic rings. The quantitative estimate of drug-likeness (QED) is 0.533. The van der Waals surface area contributed by atoms with E-state index in [1.807, 2.05) is 30.1 Å². The second-order valence-corrected chi connectivity index (χ2v) is 7.49. The number of anilines is 1. The number of carbonyl (C=O) groups excluding carboxylic acids is 3. The van der Waals surface area contributed by atoms with Gasteiger partial charge in [-0.2, -0.15) is 0 Å². The van der Waals surface area contributed by atoms with E-state index in [0.717, 1.165) is 11.3 Å². The van der Waals surface area contributed by atoms with Gasteiger partial charge in [-0.25, -0.2) is 14.4 Å². The summed E-state index contributed by atoms with van der Waals surface area (Å²) in [6.07, 6.45) is 0.242. The van der Waals surface area contributed by atoms with Crippen LogP contribution in [-0.4, -0.2) is 71.3 Å². The fourth-order valence-electron chi connectivity index (χ4n) is 4.89. The van der Waals surface area contributed by atoms with Gasteiger partial charge in [0.2, 0.25) is 0 Å². The van der Waals surface area contributed by atoms with E-state index >= 15 is 0 Å². The molecule has 1 spiro atoms. The van der Waals surface area contributed by atoms with Crippen molar-refractivity contribution in [2.75, 3.05) is 40.4 Å². The van der Waals surface area contributed by atoms with Crippen molar-refractivity contribution in [3.8, 4) is 5.75 Å². The van der Waals surface area contributed by atoms with Gasteiger partial charge in [0.05, 0.1) is 45.5 Å². The van der Waals surface area contributed by atoms with Crippen LogP contribution in [0.15, 0.2) is 34.5 Å². The van der Waals surface area contributed by atoms with Crippen LogP contribution in [0.1, 0.15) is 12.0 Å². The molecule has 10 nitrogen and oxygen atoms in total. The molecule has 3 aliphatic heterocycles. The minimum atomic E-state index is -0.918. The highest BCUT2D eigenvalue weighted by molar-refractivity contribution is 6.14. The molecule has 0 radical (unpaired) electrons. The average molecular weight is 429 g/mol. The Bertz CT molecular complexity index is 1050. The molecule has 31 heavy (non-hydrogen) atoms. The molecule has 0 saturated heterocycles. The third-order valence-corrected chi connectivity index (χ3v) is 6.20. The summed E-state index contributed by atoms with van der Waals surface area (Å²) in [5.41, 5.74) is 0.765. The van der Waals surface area contributed by atoms with Gasteiger partial charge < -0.3 is 29.2 Å². The minimum Gasteiger partial charge on any atom is -0.497 e. The second kappa shape index (κ2) is 7.29. The molecule has 164 valence electrons. The van der Waals surface area contributed by atoms with E-state index in [4.69, 9.17) is 18.9 Å². The average Bonchev–Trinajstić information content (AvgIpc) is 3.30. The maximum atomic E-state index is 12.9. The lowest BCUT2D eigenvalue weighted by molar-refractivity contribution is -0.142. The van der Waals surface area contributed by atoms with Gasteiger partial charge in [-0.3, -0.25) is 4.99 Å². The number of hydrogen-bond acceptors (Lipinski definition) is 10. The van der Waals surface area contributed by atoms with Crippen LogP contribution in [0.5, 0.6) is 5.75 Å². The van der Waals surface area contributed by atoms with Crippen LogP contribution in [-0.2, 0) is 34.0 Å². The number of esters is 3. The van der Waals surface area contributed by atoms with Gasteiger partial charge in [0, 0.05) is 12.7 Å². The van der Waals surface area contributed by atoms with E-state index in [9.17, 15) is 14.4 Å². The molecule has 0 unspecified atom stereocenters. The summed E-state index contributed by atoms with van der Waals surface area (Å²) in [4.78, 5) is 44.4. The van der Waals surface area contributed by atoms with Crippen LogP contribution in [0, 0.1) is 0 Å². The summed E-state index contributed by atoms with van der Waals surface area (Å²) in [5.74, 6) is -0.912. The first kappa shape index (κ1) is 20.7. The molecule has 0 saturated carbocycles. The standard InChI is InChI=1S/C21H23N3O7/c1-24-13-7-6-10(28-2)8-11(13)21-9-12(17(25)29-3)22-20(21)23-15(19(27)31-5)14(16(21)24)18(26)30-4/h6-8,12,16H,9H2,1-5H3,(H,22,23)/t12-,16-,21-/m0/s1. The van der Waals surface area contributed by atoms with Crippen molar-refractivity contribution in [3.63, 3.8) is 0 Å². The van der Waals surface area contributed by atoms with Crippen molar-refractivity contribution in [2.24, 2.45) is 4.99 Å². The highest BCUT2D eigenvalue weighted by atomic mass is 16.5. The van der Waals surface area contributed by atoms with Crippen LogP contribution in [0.3, 0.4) is 0 Å². The van der Waals surface area contributed by atoms with E-state index in [-0.39, 0.29) is 17.7 Å². The van der Waals surface area contributed by atoms with Crippen LogP contribution in [0.2, 0.25) is 0 Å². The smallest absolute Gasteiger partial charge is 0.355 e. The highest BCUT2D eigenvalue weighted by Gasteiger charge is 2.63. The number of carbonyl (C=O) groups is 3. The Morgan fingerprint density at radius 3 is 2.42 bits per heavy atom. The number of amidine groups is 1. The fourth-order valence-corrected chi connectivity index (χ4v) is 4.89. The lowest BCUT2D eigenvalue weighted by Crippen LogP contribution is -2.59. The Balaban J connectivity index is 2.01. The summed E-state index contributed by atoms with van der Waals surface area (Å²) in [5, 5.41) is 2.98. The number of nitrogens with zero attached hydrogens (tertiary/aromatic N) is 2. The first-order valence-electron chi connectivity index (χ1n) is 9.59. The second-order valence-electron chi connectivity index (χ2n) is 7.49. The third kappa shape index (κ3) is 2.70. The number of hydrogen-bond donors (Lipinski definition) is 1. The minimum absolute atomic E-state index is 0.0640. The lowest BCUT2D eigenvalue weighted by atomic mass is 9.68. The van der Waals surface area contributed by atoms with Crippen molar-refractivity contribution >= 4 is 29.4 Å². The van der Waals surface area contributed by atoms with E-state index < -0.39 is 35.4 Å². The van der Waals surface area contributed by atoms with Gasteiger partial charge in [-0.05, 0) is 30.2 Å². The Morgan fingerprint density at radius 1 is 1.10 bits per heavy atom. The summed E-state index contributed by atoms with van der Waals surface area (Å²) in [7, 11) is 7.14. The molecule has 1 aromatic carbocycles. The van der Waals surface area contributed by atoms with Gasteiger partial charge in [0.15, 0.2) is 6.04 Å². The number of fused-ring (bicyclic) bond motifs is 1. The number of benzene rings is 1. The van der Waals surface area contributed by atoms with Gasteiger partial charge in [0.25, 0.3) is 0 Å². The molecule has 0 aliphatic carbocycles. The number of rotatable bonds is 4. The van der Waals surface area contributed by atoms with E-state index in [1.54, 1.807) is 7.11 Å². The van der Waals surface area contributed by atoms with Gasteiger partial charge >= 0.3 is 17.9 Å². The zero-order valence-corrected chi connectivity index (χ0v) is 17.8. The third-order valence-electron chi connectivity index (χ3n) is 6.20. The molecule has 10 heteroatoms. The molecule has 1 N–H and O–H groups in total. The van der Waals surface area contributed by atoms with Crippen molar-refractivity contribution in [2.45, 2.75) is 23.9 Å². The van der Waals surface area contributed by atoms with Crippen LogP contribution in [0.25, 0.3) is 0 Å². The number of methoxy groups -OCH3 is 4. The molecule has 0 amide bonds. The molecule has 3 atom stereocenters. The number of ether oxygens (including phenoxy) is 4. The highest BCUT2D eigenvalue weighted by Crippen LogP contribution is 2.55. The molecule has 0 fully saturated rings. The molecule has 3 heterocycles. The van der Waals surface area contributed by atoms with Gasteiger partial charge in [-0.1, -0.05) is 0 Å². The molecular formula is C21H23N3O7. The van der Waals surface area contributed by atoms with E-state index in [0.29, 0.717) is 11.6 Å². The maximum Gasteiger partial charge on any atom is 0.355 e. The zero-order valence-electron chi connectivity index (χ0n) is 17.8. The maximum absolute atomic E-state index is 12.9.